The summed E-state index contributed by atoms with van der Waals surface area (Å²) in [6.07, 6.45) is 2.21. The van der Waals surface area contributed by atoms with Gasteiger partial charge in [0.25, 0.3) is 0 Å². The zero-order chi connectivity index (χ0) is 13.9. The molecule has 1 aliphatic rings. The Bertz CT molecular complexity index is 650. The lowest BCUT2D eigenvalue weighted by molar-refractivity contribution is 1.19. The molecule has 0 aromatic heterocycles. The Morgan fingerprint density at radius 2 is 1.70 bits per heavy atom. The molecule has 20 heavy (non-hydrogen) atoms. The third-order valence-corrected chi connectivity index (χ3v) is 4.69. The summed E-state index contributed by atoms with van der Waals surface area (Å²) in [4.78, 5) is 0. The molecule has 2 aromatic carbocycles. The van der Waals surface area contributed by atoms with Crippen molar-refractivity contribution in [2.24, 2.45) is 0 Å². The highest BCUT2D eigenvalue weighted by molar-refractivity contribution is 8.23. The van der Waals surface area contributed by atoms with E-state index in [2.05, 4.69) is 35.7 Å². The number of thioether (sulfide) groups is 1. The third-order valence-electron chi connectivity index (χ3n) is 3.07. The van der Waals surface area contributed by atoms with E-state index in [0.29, 0.717) is 0 Å². The van der Waals surface area contributed by atoms with E-state index < -0.39 is 0 Å². The maximum atomic E-state index is 5.93. The van der Waals surface area contributed by atoms with Gasteiger partial charge in [-0.2, -0.15) is 0 Å². The summed E-state index contributed by atoms with van der Waals surface area (Å²) in [7, 11) is 0. The van der Waals surface area contributed by atoms with Gasteiger partial charge in [0.05, 0.1) is 5.25 Å². The van der Waals surface area contributed by atoms with Gasteiger partial charge in [-0.1, -0.05) is 78.0 Å². The van der Waals surface area contributed by atoms with E-state index in [4.69, 9.17) is 23.8 Å². The molecule has 2 aromatic rings. The second-order valence-electron chi connectivity index (χ2n) is 4.45. The Labute approximate surface area is 133 Å². The van der Waals surface area contributed by atoms with E-state index in [1.165, 1.54) is 5.56 Å². The Morgan fingerprint density at radius 3 is 2.40 bits per heavy atom. The Balaban J connectivity index is 1.96. The molecule has 0 aliphatic carbocycles. The molecule has 4 heteroatoms. The van der Waals surface area contributed by atoms with Crippen LogP contribution in [0.2, 0.25) is 5.02 Å². The van der Waals surface area contributed by atoms with E-state index in [0.717, 1.165) is 20.6 Å². The fraction of sp³-hybridized carbons (Fsp3) is 0.0625. The first kappa shape index (κ1) is 13.7. The topological polar surface area (TPSA) is 12.0 Å². The predicted octanol–water partition coefficient (Wildman–Crippen LogP) is 5.04. The third kappa shape index (κ3) is 3.06. The number of hydrogen-bond acceptors (Lipinski definition) is 2. The van der Waals surface area contributed by atoms with Gasteiger partial charge in [-0.05, 0) is 29.3 Å². The SMILES string of the molecule is S=C1NC(c2ccc(Cl)cc2)=CC(c2ccccc2)S1. The van der Waals surface area contributed by atoms with Crippen molar-refractivity contribution in [3.8, 4) is 0 Å². The van der Waals surface area contributed by atoms with Crippen LogP contribution in [0.5, 0.6) is 0 Å². The Hall–Kier alpha value is -1.29. The van der Waals surface area contributed by atoms with Crippen LogP contribution >= 0.6 is 35.6 Å². The summed E-state index contributed by atoms with van der Waals surface area (Å²) in [5, 5.41) is 4.25. The molecule has 0 radical (unpaired) electrons. The molecule has 3 rings (SSSR count). The number of rotatable bonds is 2. The zero-order valence-electron chi connectivity index (χ0n) is 10.5. The molecule has 1 N–H and O–H groups in total. The smallest absolute Gasteiger partial charge is 0.139 e. The van der Waals surface area contributed by atoms with Crippen LogP contribution in [0.15, 0.2) is 60.7 Å². The molecule has 0 bridgehead atoms. The monoisotopic (exact) mass is 317 g/mol. The molecule has 0 fully saturated rings. The van der Waals surface area contributed by atoms with Gasteiger partial charge < -0.3 is 5.32 Å². The minimum atomic E-state index is 0.246. The van der Waals surface area contributed by atoms with Gasteiger partial charge in [0.15, 0.2) is 0 Å². The van der Waals surface area contributed by atoms with E-state index in [1.54, 1.807) is 11.8 Å². The summed E-state index contributed by atoms with van der Waals surface area (Å²) in [6.45, 7) is 0. The predicted molar refractivity (Wildman–Crippen MR) is 91.9 cm³/mol. The van der Waals surface area contributed by atoms with Crippen molar-refractivity contribution in [2.75, 3.05) is 0 Å². The van der Waals surface area contributed by atoms with Crippen LogP contribution in [0.25, 0.3) is 5.70 Å². The fourth-order valence-electron chi connectivity index (χ4n) is 2.09. The molecule has 100 valence electrons. The highest BCUT2D eigenvalue weighted by Crippen LogP contribution is 2.36. The molecular formula is C16H12ClNS2. The van der Waals surface area contributed by atoms with Gasteiger partial charge >= 0.3 is 0 Å². The zero-order valence-corrected chi connectivity index (χ0v) is 12.9. The first-order chi connectivity index (χ1) is 9.72. The summed E-state index contributed by atoms with van der Waals surface area (Å²) < 4.78 is 0.798. The van der Waals surface area contributed by atoms with Crippen LogP contribution < -0.4 is 5.32 Å². The number of thiocarbonyl (C=S) groups is 1. The molecule has 1 aliphatic heterocycles. The first-order valence-electron chi connectivity index (χ1n) is 6.23. The largest absolute Gasteiger partial charge is 0.341 e. The molecular weight excluding hydrogens is 306 g/mol. The van der Waals surface area contributed by atoms with Crippen molar-refractivity contribution in [3.63, 3.8) is 0 Å². The van der Waals surface area contributed by atoms with Crippen LogP contribution in [0.1, 0.15) is 16.4 Å². The van der Waals surface area contributed by atoms with Crippen LogP contribution in [0.4, 0.5) is 0 Å². The molecule has 0 amide bonds. The Morgan fingerprint density at radius 1 is 1.00 bits per heavy atom. The minimum Gasteiger partial charge on any atom is -0.341 e. The van der Waals surface area contributed by atoms with E-state index >= 15 is 0 Å². The van der Waals surface area contributed by atoms with Crippen molar-refractivity contribution in [1.82, 2.24) is 5.32 Å². The number of benzene rings is 2. The molecule has 0 saturated heterocycles. The van der Waals surface area contributed by atoms with Crippen LogP contribution in [0, 0.1) is 0 Å². The van der Waals surface area contributed by atoms with Crippen molar-refractivity contribution < 1.29 is 0 Å². The van der Waals surface area contributed by atoms with Gasteiger partial charge in [-0.3, -0.25) is 0 Å². The molecule has 1 atom stereocenters. The molecule has 0 saturated carbocycles. The average Bonchev–Trinajstić information content (AvgIpc) is 2.48. The van der Waals surface area contributed by atoms with Crippen LogP contribution in [0.3, 0.4) is 0 Å². The van der Waals surface area contributed by atoms with Crippen molar-refractivity contribution >= 4 is 45.6 Å². The number of halogens is 1. The maximum absolute atomic E-state index is 5.93. The summed E-state index contributed by atoms with van der Waals surface area (Å²) in [5.74, 6) is 0. The quantitative estimate of drug-likeness (QED) is 0.779. The normalized spacial score (nSPS) is 18.4. The standard InChI is InChI=1S/C16H12ClNS2/c17-13-8-6-11(7-9-13)14-10-15(20-16(19)18-14)12-4-2-1-3-5-12/h1-10,15H,(H,18,19). The van der Waals surface area contributed by atoms with Gasteiger partial charge in [-0.15, -0.1) is 0 Å². The van der Waals surface area contributed by atoms with Gasteiger partial charge in [0, 0.05) is 10.7 Å². The number of nitrogens with one attached hydrogen (secondary N) is 1. The Kier molecular flexibility index (Phi) is 4.10. The van der Waals surface area contributed by atoms with E-state index in [9.17, 15) is 0 Å². The lowest BCUT2D eigenvalue weighted by Crippen LogP contribution is -2.22. The molecule has 1 nitrogen and oxygen atoms in total. The number of hydrogen-bond donors (Lipinski definition) is 1. The lowest BCUT2D eigenvalue weighted by atomic mass is 10.1. The minimum absolute atomic E-state index is 0.246. The summed E-state index contributed by atoms with van der Waals surface area (Å²) in [6, 6.07) is 18.2. The highest BCUT2D eigenvalue weighted by Gasteiger charge is 2.19. The van der Waals surface area contributed by atoms with E-state index in [1.807, 2.05) is 30.3 Å². The molecule has 0 spiro atoms. The van der Waals surface area contributed by atoms with Crippen LogP contribution in [-0.4, -0.2) is 4.32 Å². The van der Waals surface area contributed by atoms with Crippen molar-refractivity contribution in [2.45, 2.75) is 5.25 Å². The van der Waals surface area contributed by atoms with Gasteiger partial charge in [0.2, 0.25) is 0 Å². The lowest BCUT2D eigenvalue weighted by Gasteiger charge is -2.23. The first-order valence-corrected chi connectivity index (χ1v) is 7.89. The second-order valence-corrected chi connectivity index (χ2v) is 6.70. The second kappa shape index (κ2) is 6.00. The van der Waals surface area contributed by atoms with E-state index in [-0.39, 0.29) is 5.25 Å². The van der Waals surface area contributed by atoms with Gasteiger partial charge in [0.1, 0.15) is 4.32 Å². The highest BCUT2D eigenvalue weighted by atomic mass is 35.5. The average molecular weight is 318 g/mol. The maximum Gasteiger partial charge on any atom is 0.139 e. The molecule has 1 unspecified atom stereocenters. The molecule has 1 heterocycles. The van der Waals surface area contributed by atoms with Crippen molar-refractivity contribution in [3.05, 3.63) is 76.8 Å². The summed E-state index contributed by atoms with van der Waals surface area (Å²) in [5.41, 5.74) is 3.39. The van der Waals surface area contributed by atoms with Crippen LogP contribution in [-0.2, 0) is 0 Å². The summed E-state index contributed by atoms with van der Waals surface area (Å²) >= 11 is 13.0. The van der Waals surface area contributed by atoms with Gasteiger partial charge in [-0.25, -0.2) is 0 Å². The fourth-order valence-corrected chi connectivity index (χ4v) is 3.53. The van der Waals surface area contributed by atoms with Crippen molar-refractivity contribution in [1.29, 1.82) is 0 Å².